The van der Waals surface area contributed by atoms with Gasteiger partial charge in [-0.2, -0.15) is 0 Å². The van der Waals surface area contributed by atoms with Crippen molar-refractivity contribution in [3.05, 3.63) is 59.7 Å². The molecule has 1 saturated carbocycles. The number of hydrogen-bond acceptors (Lipinski definition) is 4. The van der Waals surface area contributed by atoms with E-state index in [0.29, 0.717) is 0 Å². The Kier molecular flexibility index (Phi) is 7.15. The summed E-state index contributed by atoms with van der Waals surface area (Å²) in [4.78, 5) is 36.9. The molecule has 2 aromatic carbocycles. The molecule has 2 aromatic rings. The van der Waals surface area contributed by atoms with E-state index in [4.69, 9.17) is 4.74 Å². The van der Waals surface area contributed by atoms with E-state index in [-0.39, 0.29) is 36.8 Å². The molecule has 0 aliphatic heterocycles. The SMILES string of the molecule is CC(C)(C)[C@H](NC(=O)C[C@@H]1CCC[C@H]1NC(=O)OCC1c2ccccc2-c2ccccc21)C(=O)O. The van der Waals surface area contributed by atoms with E-state index in [1.54, 1.807) is 20.8 Å². The molecule has 0 radical (unpaired) electrons. The fourth-order valence-corrected chi connectivity index (χ4v) is 5.37. The molecule has 186 valence electrons. The zero-order chi connectivity index (χ0) is 25.2. The summed E-state index contributed by atoms with van der Waals surface area (Å²) < 4.78 is 5.67. The topological polar surface area (TPSA) is 105 Å². The second-order valence-corrected chi connectivity index (χ2v) is 10.7. The van der Waals surface area contributed by atoms with E-state index in [1.807, 2.05) is 24.3 Å². The molecular weight excluding hydrogens is 444 g/mol. The zero-order valence-electron chi connectivity index (χ0n) is 20.5. The molecule has 2 aliphatic rings. The first kappa shape index (κ1) is 24.8. The first-order chi connectivity index (χ1) is 16.6. The Balaban J connectivity index is 1.33. The summed E-state index contributed by atoms with van der Waals surface area (Å²) in [7, 11) is 0. The molecule has 4 rings (SSSR count). The minimum Gasteiger partial charge on any atom is -0.480 e. The van der Waals surface area contributed by atoms with Crippen molar-refractivity contribution in [3.8, 4) is 11.1 Å². The number of hydrogen-bond donors (Lipinski definition) is 3. The minimum atomic E-state index is -1.05. The van der Waals surface area contributed by atoms with Gasteiger partial charge in [-0.05, 0) is 46.4 Å². The maximum Gasteiger partial charge on any atom is 0.407 e. The molecule has 3 N–H and O–H groups in total. The average Bonchev–Trinajstić information content (AvgIpc) is 3.37. The van der Waals surface area contributed by atoms with Gasteiger partial charge in [0, 0.05) is 18.4 Å². The number of fused-ring (bicyclic) bond motifs is 3. The summed E-state index contributed by atoms with van der Waals surface area (Å²) in [6, 6.07) is 15.2. The number of carbonyl (C=O) groups is 3. The van der Waals surface area contributed by atoms with Gasteiger partial charge >= 0.3 is 12.1 Å². The van der Waals surface area contributed by atoms with E-state index >= 15 is 0 Å². The van der Waals surface area contributed by atoms with Gasteiger partial charge in [-0.15, -0.1) is 0 Å². The molecule has 7 heteroatoms. The highest BCUT2D eigenvalue weighted by Gasteiger charge is 2.36. The van der Waals surface area contributed by atoms with Crippen LogP contribution in [0.5, 0.6) is 0 Å². The number of alkyl carbamates (subject to hydrolysis) is 1. The monoisotopic (exact) mass is 478 g/mol. The fraction of sp³-hybridized carbons (Fsp3) is 0.464. The standard InChI is InChI=1S/C28H34N2O5/c1-28(2,3)25(26(32)33)30-24(31)15-17-9-8-14-23(17)29-27(34)35-16-22-20-12-6-4-10-18(20)19-11-5-7-13-21(19)22/h4-7,10-13,17,22-23,25H,8-9,14-16H2,1-3H3,(H,29,34)(H,30,31)(H,32,33)/t17-,23+,25+/m0/s1. The van der Waals surface area contributed by atoms with Crippen LogP contribution in [0.3, 0.4) is 0 Å². The largest absolute Gasteiger partial charge is 0.480 e. The van der Waals surface area contributed by atoms with Gasteiger partial charge in [-0.1, -0.05) is 75.7 Å². The highest BCUT2D eigenvalue weighted by atomic mass is 16.5. The van der Waals surface area contributed by atoms with E-state index < -0.39 is 23.5 Å². The maximum atomic E-state index is 12.7. The van der Waals surface area contributed by atoms with E-state index in [2.05, 4.69) is 34.9 Å². The lowest BCUT2D eigenvalue weighted by Crippen LogP contribution is -2.50. The number of rotatable bonds is 7. The van der Waals surface area contributed by atoms with Crippen molar-refractivity contribution in [2.45, 2.75) is 64.5 Å². The Morgan fingerprint density at radius 3 is 2.17 bits per heavy atom. The molecule has 3 atom stereocenters. The number of amides is 2. The second kappa shape index (κ2) is 10.1. The van der Waals surface area contributed by atoms with Gasteiger partial charge in [0.15, 0.2) is 0 Å². The molecule has 2 amide bonds. The van der Waals surface area contributed by atoms with Crippen LogP contribution in [0.4, 0.5) is 4.79 Å². The Labute approximate surface area is 206 Å². The van der Waals surface area contributed by atoms with Crippen LogP contribution < -0.4 is 10.6 Å². The van der Waals surface area contributed by atoms with Crippen LogP contribution in [-0.4, -0.2) is 41.8 Å². The molecule has 0 aromatic heterocycles. The van der Waals surface area contributed by atoms with Crippen molar-refractivity contribution in [1.29, 1.82) is 0 Å². The summed E-state index contributed by atoms with van der Waals surface area (Å²) in [5.74, 6) is -1.42. The van der Waals surface area contributed by atoms with Crippen molar-refractivity contribution in [2.24, 2.45) is 11.3 Å². The average molecular weight is 479 g/mol. The number of carboxylic acids is 1. The number of carbonyl (C=O) groups excluding carboxylic acids is 2. The molecule has 0 saturated heterocycles. The van der Waals surface area contributed by atoms with Gasteiger partial charge in [0.2, 0.25) is 5.91 Å². The van der Waals surface area contributed by atoms with E-state index in [1.165, 1.54) is 11.1 Å². The quantitative estimate of drug-likeness (QED) is 0.535. The van der Waals surface area contributed by atoms with Gasteiger partial charge in [0.25, 0.3) is 0 Å². The molecule has 0 unspecified atom stereocenters. The van der Waals surface area contributed by atoms with Crippen LogP contribution in [0.2, 0.25) is 0 Å². The van der Waals surface area contributed by atoms with Crippen molar-refractivity contribution in [2.75, 3.05) is 6.61 Å². The van der Waals surface area contributed by atoms with Crippen LogP contribution in [0.1, 0.15) is 63.5 Å². The predicted molar refractivity (Wildman–Crippen MR) is 133 cm³/mol. The lowest BCUT2D eigenvalue weighted by atomic mass is 9.86. The van der Waals surface area contributed by atoms with Crippen LogP contribution in [-0.2, 0) is 14.3 Å². The van der Waals surface area contributed by atoms with Crippen LogP contribution in [0.15, 0.2) is 48.5 Å². The minimum absolute atomic E-state index is 0.0105. The van der Waals surface area contributed by atoms with Crippen LogP contribution >= 0.6 is 0 Å². The van der Waals surface area contributed by atoms with Gasteiger partial charge in [0.05, 0.1) is 0 Å². The zero-order valence-corrected chi connectivity index (χ0v) is 20.5. The molecule has 0 bridgehead atoms. The summed E-state index contributed by atoms with van der Waals surface area (Å²) in [6.07, 6.45) is 2.16. The molecule has 2 aliphatic carbocycles. The number of nitrogens with one attached hydrogen (secondary N) is 2. The highest BCUT2D eigenvalue weighted by Crippen LogP contribution is 2.44. The van der Waals surface area contributed by atoms with E-state index in [9.17, 15) is 19.5 Å². The molecule has 35 heavy (non-hydrogen) atoms. The Hall–Kier alpha value is -3.35. The third-order valence-electron chi connectivity index (χ3n) is 7.17. The lowest BCUT2D eigenvalue weighted by Gasteiger charge is -2.28. The molecule has 1 fully saturated rings. The Morgan fingerprint density at radius 2 is 1.60 bits per heavy atom. The van der Waals surface area contributed by atoms with Gasteiger partial charge in [0.1, 0.15) is 12.6 Å². The summed E-state index contributed by atoms with van der Waals surface area (Å²) in [5, 5.41) is 15.1. The number of ether oxygens (including phenoxy) is 1. The predicted octanol–water partition coefficient (Wildman–Crippen LogP) is 4.70. The van der Waals surface area contributed by atoms with Crippen molar-refractivity contribution in [3.63, 3.8) is 0 Å². The number of aliphatic carboxylic acids is 1. The summed E-state index contributed by atoms with van der Waals surface area (Å²) >= 11 is 0. The fourth-order valence-electron chi connectivity index (χ4n) is 5.37. The molecular formula is C28H34N2O5. The van der Waals surface area contributed by atoms with Gasteiger partial charge in [-0.25, -0.2) is 9.59 Å². The number of benzene rings is 2. The van der Waals surface area contributed by atoms with Crippen LogP contribution in [0, 0.1) is 11.3 Å². The van der Waals surface area contributed by atoms with Gasteiger partial charge < -0.3 is 20.5 Å². The normalized spacial score (nSPS) is 20.0. The highest BCUT2D eigenvalue weighted by molar-refractivity contribution is 5.84. The van der Waals surface area contributed by atoms with Crippen molar-refractivity contribution < 1.29 is 24.2 Å². The van der Waals surface area contributed by atoms with Crippen LogP contribution in [0.25, 0.3) is 11.1 Å². The second-order valence-electron chi connectivity index (χ2n) is 10.7. The molecule has 7 nitrogen and oxygen atoms in total. The summed E-state index contributed by atoms with van der Waals surface area (Å²) in [6.45, 7) is 5.58. The lowest BCUT2D eigenvalue weighted by molar-refractivity contribution is -0.145. The van der Waals surface area contributed by atoms with Gasteiger partial charge in [-0.3, -0.25) is 4.79 Å². The first-order valence-corrected chi connectivity index (χ1v) is 12.3. The number of carboxylic acid groups (broad SMARTS) is 1. The Bertz CT molecular complexity index is 1060. The van der Waals surface area contributed by atoms with E-state index in [0.717, 1.165) is 30.4 Å². The van der Waals surface area contributed by atoms with Crippen molar-refractivity contribution in [1.82, 2.24) is 10.6 Å². The first-order valence-electron chi connectivity index (χ1n) is 12.3. The third kappa shape index (κ3) is 5.50. The Morgan fingerprint density at radius 1 is 1.00 bits per heavy atom. The maximum absolute atomic E-state index is 12.7. The van der Waals surface area contributed by atoms with Crippen molar-refractivity contribution >= 4 is 18.0 Å². The summed E-state index contributed by atoms with van der Waals surface area (Å²) in [5.41, 5.74) is 4.06. The molecule has 0 heterocycles. The smallest absolute Gasteiger partial charge is 0.407 e. The third-order valence-corrected chi connectivity index (χ3v) is 7.17. The molecule has 0 spiro atoms.